The maximum atomic E-state index is 5.09. The van der Waals surface area contributed by atoms with Gasteiger partial charge in [0.2, 0.25) is 0 Å². The second-order valence-corrected chi connectivity index (χ2v) is 11.7. The highest BCUT2D eigenvalue weighted by Gasteiger charge is 2.55. The van der Waals surface area contributed by atoms with E-state index in [2.05, 4.69) is 152 Å². The molecule has 3 aliphatic heterocycles. The fourth-order valence-electron chi connectivity index (χ4n) is 7.22. The topological polar surface area (TPSA) is 22.1 Å². The fourth-order valence-corrected chi connectivity index (χ4v) is 7.22. The molecule has 4 aromatic carbocycles. The molecule has 1 unspecified atom stereocenters. The van der Waals surface area contributed by atoms with Crippen LogP contribution in [0, 0.1) is 0 Å². The second kappa shape index (κ2) is 8.34. The zero-order chi connectivity index (χ0) is 26.9. The van der Waals surface area contributed by atoms with Gasteiger partial charge in [-0.25, -0.2) is 0 Å². The van der Waals surface area contributed by atoms with Crippen LogP contribution < -0.4 is 14.7 Å². The summed E-state index contributed by atoms with van der Waals surface area (Å²) in [6.07, 6.45) is 2.43. The van der Waals surface area contributed by atoms with Crippen molar-refractivity contribution in [2.24, 2.45) is 4.99 Å². The van der Waals surface area contributed by atoms with Crippen LogP contribution >= 0.6 is 0 Å². The van der Waals surface area contributed by atoms with Gasteiger partial charge in [-0.2, -0.15) is 0 Å². The number of nitrogens with zero attached hydrogens (tertiary/aromatic N) is 4. The number of aliphatic imine (C=N–C) groups is 1. The van der Waals surface area contributed by atoms with Crippen molar-refractivity contribution >= 4 is 45.4 Å². The molecule has 4 heteroatoms. The molecule has 7 rings (SSSR count). The van der Waals surface area contributed by atoms with Crippen molar-refractivity contribution in [3.05, 3.63) is 114 Å². The molecule has 0 saturated carbocycles. The normalized spacial score (nSPS) is 20.5. The minimum Gasteiger partial charge on any atom is -0.336 e. The van der Waals surface area contributed by atoms with Crippen LogP contribution in [-0.4, -0.2) is 23.5 Å². The first kappa shape index (κ1) is 23.8. The van der Waals surface area contributed by atoms with Gasteiger partial charge in [0.1, 0.15) is 5.66 Å². The first-order valence-electron chi connectivity index (χ1n) is 13.8. The summed E-state index contributed by atoms with van der Waals surface area (Å²) in [6, 6.07) is 34.9. The van der Waals surface area contributed by atoms with Crippen LogP contribution in [-0.2, 0) is 0 Å². The van der Waals surface area contributed by atoms with E-state index in [0.29, 0.717) is 0 Å². The monoisotopic (exact) mass is 510 g/mol. The van der Waals surface area contributed by atoms with Crippen LogP contribution in [0.4, 0.5) is 34.1 Å². The van der Waals surface area contributed by atoms with Crippen molar-refractivity contribution in [2.45, 2.75) is 45.8 Å². The van der Waals surface area contributed by atoms with E-state index in [4.69, 9.17) is 4.99 Å². The average Bonchev–Trinajstić information content (AvgIpc) is 3.14. The Balaban J connectivity index is 1.49. The highest BCUT2D eigenvalue weighted by Crippen LogP contribution is 2.58. The van der Waals surface area contributed by atoms with Crippen LogP contribution in [0.5, 0.6) is 0 Å². The van der Waals surface area contributed by atoms with Crippen molar-refractivity contribution in [1.29, 1.82) is 0 Å². The van der Waals surface area contributed by atoms with E-state index in [1.165, 1.54) is 39.4 Å². The molecule has 1 atom stereocenters. The molecule has 0 aliphatic carbocycles. The Morgan fingerprint density at radius 1 is 0.667 bits per heavy atom. The molecule has 0 bridgehead atoms. The van der Waals surface area contributed by atoms with Crippen LogP contribution in [0.1, 0.15) is 45.7 Å². The third kappa shape index (κ3) is 3.40. The van der Waals surface area contributed by atoms with Gasteiger partial charge in [-0.15, -0.1) is 0 Å². The van der Waals surface area contributed by atoms with Gasteiger partial charge >= 0.3 is 0 Å². The van der Waals surface area contributed by atoms with Crippen molar-refractivity contribution in [1.82, 2.24) is 0 Å². The number of hydrogen-bond acceptors (Lipinski definition) is 4. The lowest BCUT2D eigenvalue weighted by Gasteiger charge is -2.53. The summed E-state index contributed by atoms with van der Waals surface area (Å²) in [6.45, 7) is 12.2. The van der Waals surface area contributed by atoms with Crippen LogP contribution in [0.3, 0.4) is 0 Å². The summed E-state index contributed by atoms with van der Waals surface area (Å²) < 4.78 is 0. The van der Waals surface area contributed by atoms with Gasteiger partial charge in [-0.3, -0.25) is 4.99 Å². The maximum Gasteiger partial charge on any atom is 0.133 e. The molecule has 0 spiro atoms. The summed E-state index contributed by atoms with van der Waals surface area (Å²) in [5, 5.41) is 0. The molecule has 0 radical (unpaired) electrons. The maximum absolute atomic E-state index is 5.09. The fraction of sp³-hybridized carbons (Fsp3) is 0.229. The van der Waals surface area contributed by atoms with E-state index in [0.717, 1.165) is 23.6 Å². The third-order valence-corrected chi connectivity index (χ3v) is 8.53. The molecule has 0 fully saturated rings. The van der Waals surface area contributed by atoms with Gasteiger partial charge in [0.05, 0.1) is 40.5 Å². The standard InChI is InChI=1S/C35H34N4/c1-24-22-34(3,4)39-33-27(24)17-13-21-32(33)38(26-14-7-6-8-15-26)35(39,5)23-37-30-19-11-9-16-28(30)25(2)36-29-18-10-12-20-31(29)37/h6-22H,23H2,1-5H3. The van der Waals surface area contributed by atoms with Gasteiger partial charge < -0.3 is 14.7 Å². The molecule has 4 aromatic rings. The summed E-state index contributed by atoms with van der Waals surface area (Å²) >= 11 is 0. The molecular weight excluding hydrogens is 476 g/mol. The SMILES string of the molecule is CC1=CC(C)(C)N2c3c1cccc3N(c1ccccc1)C2(C)CN1c2ccccc2N=C(C)c2ccccc21. The minimum absolute atomic E-state index is 0.192. The largest absolute Gasteiger partial charge is 0.336 e. The summed E-state index contributed by atoms with van der Waals surface area (Å²) in [7, 11) is 0. The molecule has 0 N–H and O–H groups in total. The Bertz CT molecular complexity index is 1670. The minimum atomic E-state index is -0.418. The molecule has 0 amide bonds. The first-order chi connectivity index (χ1) is 18.8. The molecule has 4 nitrogen and oxygen atoms in total. The van der Waals surface area contributed by atoms with Gasteiger partial charge in [0, 0.05) is 22.5 Å². The van der Waals surface area contributed by atoms with Crippen LogP contribution in [0.2, 0.25) is 0 Å². The lowest BCUT2D eigenvalue weighted by atomic mass is 9.87. The lowest BCUT2D eigenvalue weighted by Crippen LogP contribution is -2.65. The Morgan fingerprint density at radius 3 is 2.10 bits per heavy atom. The summed E-state index contributed by atoms with van der Waals surface area (Å²) in [4.78, 5) is 12.8. The molecule has 3 aliphatic rings. The van der Waals surface area contributed by atoms with E-state index in [1.807, 2.05) is 0 Å². The molecule has 3 heterocycles. The molecule has 194 valence electrons. The summed E-state index contributed by atoms with van der Waals surface area (Å²) in [5.74, 6) is 0. The third-order valence-electron chi connectivity index (χ3n) is 8.53. The predicted octanol–water partition coefficient (Wildman–Crippen LogP) is 8.85. The Labute approximate surface area is 231 Å². The number of para-hydroxylation sites is 5. The smallest absolute Gasteiger partial charge is 0.133 e. The van der Waals surface area contributed by atoms with Crippen molar-refractivity contribution < 1.29 is 0 Å². The lowest BCUT2D eigenvalue weighted by molar-refractivity contribution is 0.383. The summed E-state index contributed by atoms with van der Waals surface area (Å²) in [5.41, 5.74) is 11.3. The first-order valence-corrected chi connectivity index (χ1v) is 13.8. The number of fused-ring (bicyclic) bond motifs is 2. The van der Waals surface area contributed by atoms with E-state index < -0.39 is 5.66 Å². The van der Waals surface area contributed by atoms with E-state index in [1.54, 1.807) is 0 Å². The number of rotatable bonds is 3. The molecule has 39 heavy (non-hydrogen) atoms. The number of hydrogen-bond donors (Lipinski definition) is 0. The van der Waals surface area contributed by atoms with Gasteiger partial charge in [0.15, 0.2) is 0 Å². The van der Waals surface area contributed by atoms with Gasteiger partial charge in [-0.1, -0.05) is 66.7 Å². The zero-order valence-electron chi connectivity index (χ0n) is 23.3. The Hall–Kier alpha value is -4.31. The second-order valence-electron chi connectivity index (χ2n) is 11.7. The van der Waals surface area contributed by atoms with Crippen LogP contribution in [0.15, 0.2) is 108 Å². The Morgan fingerprint density at radius 2 is 1.31 bits per heavy atom. The van der Waals surface area contributed by atoms with E-state index >= 15 is 0 Å². The number of anilines is 5. The van der Waals surface area contributed by atoms with Crippen LogP contribution in [0.25, 0.3) is 5.57 Å². The number of allylic oxidation sites excluding steroid dienone is 1. The van der Waals surface area contributed by atoms with Gasteiger partial charge in [0.25, 0.3) is 0 Å². The van der Waals surface area contributed by atoms with Gasteiger partial charge in [-0.05, 0) is 76.6 Å². The molecular formula is C35H34N4. The predicted molar refractivity (Wildman–Crippen MR) is 165 cm³/mol. The van der Waals surface area contributed by atoms with Crippen molar-refractivity contribution in [2.75, 3.05) is 21.2 Å². The Kier molecular flexibility index (Phi) is 5.09. The molecule has 0 saturated heterocycles. The van der Waals surface area contributed by atoms with Crippen molar-refractivity contribution in [3.8, 4) is 0 Å². The highest BCUT2D eigenvalue weighted by atomic mass is 15.5. The van der Waals surface area contributed by atoms with Crippen molar-refractivity contribution in [3.63, 3.8) is 0 Å². The highest BCUT2D eigenvalue weighted by molar-refractivity contribution is 6.08. The van der Waals surface area contributed by atoms with E-state index in [-0.39, 0.29) is 5.54 Å². The zero-order valence-corrected chi connectivity index (χ0v) is 23.3. The quantitative estimate of drug-likeness (QED) is 0.275. The number of benzene rings is 4. The molecule has 0 aromatic heterocycles. The average molecular weight is 511 g/mol. The van der Waals surface area contributed by atoms with E-state index in [9.17, 15) is 0 Å².